The van der Waals surface area contributed by atoms with Gasteiger partial charge >= 0.3 is 0 Å². The fraction of sp³-hybridized carbons (Fsp3) is 0. The maximum Gasteiger partial charge on any atom is 0.164 e. The van der Waals surface area contributed by atoms with Crippen LogP contribution < -0.4 is 16.4 Å². The molecule has 5 heteroatoms. The van der Waals surface area contributed by atoms with Gasteiger partial charge in [0.2, 0.25) is 0 Å². The minimum absolute atomic E-state index is 0.0522. The molecule has 0 saturated carbocycles. The van der Waals surface area contributed by atoms with Gasteiger partial charge in [0.25, 0.3) is 0 Å². The first-order valence-electron chi connectivity index (χ1n) is 14.0. The van der Waals surface area contributed by atoms with E-state index in [1.807, 2.05) is 41.7 Å². The highest BCUT2D eigenvalue weighted by Gasteiger charge is 2.23. The topological polar surface area (TPSA) is 40.5 Å². The lowest BCUT2D eigenvalue weighted by atomic mass is 9.68. The predicted molar refractivity (Wildman–Crippen MR) is 183 cm³/mol. The van der Waals surface area contributed by atoms with Crippen LogP contribution in [0.3, 0.4) is 0 Å². The molecular weight excluding hydrogens is 497 g/mol. The van der Waals surface area contributed by atoms with Gasteiger partial charge in [-0.3, -0.25) is 0 Å². The van der Waals surface area contributed by atoms with E-state index in [4.69, 9.17) is 0 Å². The Kier molecular flexibility index (Phi) is 5.90. The Balaban J connectivity index is 1.59. The monoisotopic (exact) mass is 524 g/mol. The molecule has 0 radical (unpaired) electrons. The van der Waals surface area contributed by atoms with Crippen molar-refractivity contribution in [3.63, 3.8) is 0 Å². The van der Waals surface area contributed by atoms with E-state index in [1.54, 1.807) is 0 Å². The summed E-state index contributed by atoms with van der Waals surface area (Å²) in [4.78, 5) is 0. The van der Waals surface area contributed by atoms with Gasteiger partial charge in [0.05, 0.1) is 0 Å². The predicted octanol–water partition coefficient (Wildman–Crippen LogP) is 4.33. The van der Waals surface area contributed by atoms with Gasteiger partial charge in [-0.15, -0.1) is 0 Å². The van der Waals surface area contributed by atoms with Crippen LogP contribution in [-0.2, 0) is 0 Å². The molecule has 0 fully saturated rings. The normalized spacial score (nSPS) is 11.4. The number of benzene rings is 7. The summed E-state index contributed by atoms with van der Waals surface area (Å²) in [5.41, 5.74) is 9.03. The second kappa shape index (κ2) is 9.64. The van der Waals surface area contributed by atoms with Crippen LogP contribution in [-0.4, -0.2) is 33.8 Å². The SMILES string of the molecule is Bc1c(B)c(O)c(O)c(-c2c3ccccc3c(-c3cccc4cc(-c5ccccc5)ccc34)c3ccccc23)c1B. The third kappa shape index (κ3) is 3.84. The van der Waals surface area contributed by atoms with Crippen molar-refractivity contribution in [3.05, 3.63) is 115 Å². The number of hydrogen-bond acceptors (Lipinski definition) is 2. The molecule has 7 aromatic rings. The summed E-state index contributed by atoms with van der Waals surface area (Å²) in [6.07, 6.45) is 0. The highest BCUT2D eigenvalue weighted by Crippen LogP contribution is 2.47. The van der Waals surface area contributed by atoms with Crippen molar-refractivity contribution >= 4 is 72.2 Å². The van der Waals surface area contributed by atoms with Gasteiger partial charge in [0, 0.05) is 11.1 Å². The molecule has 0 aliphatic carbocycles. The van der Waals surface area contributed by atoms with Crippen LogP contribution in [0.15, 0.2) is 115 Å². The first kappa shape index (κ1) is 25.1. The number of hydrogen-bond donors (Lipinski definition) is 2. The molecule has 7 rings (SSSR count). The quantitative estimate of drug-likeness (QED) is 0.206. The fourth-order valence-electron chi connectivity index (χ4n) is 6.43. The summed E-state index contributed by atoms with van der Waals surface area (Å²) < 4.78 is 0. The molecule has 0 heterocycles. The standard InChI is InChI=1S/C36H27B3O2/c37-32-31(35(40)36(41)34(39)33(32)38)30-27-14-6-4-12-25(27)29(26-13-5-7-15-28(26)30)24-16-8-11-22-19-21(17-18-23(22)24)20-9-2-1-3-10-20/h1-19,40-41H,37-39H2. The van der Waals surface area contributed by atoms with Crippen molar-refractivity contribution in [3.8, 4) is 44.9 Å². The van der Waals surface area contributed by atoms with Crippen LogP contribution in [0.1, 0.15) is 0 Å². The molecule has 0 unspecified atom stereocenters. The average molecular weight is 524 g/mol. The number of aromatic hydroxyl groups is 2. The molecule has 192 valence electrons. The number of rotatable bonds is 3. The van der Waals surface area contributed by atoms with Crippen molar-refractivity contribution in [2.75, 3.05) is 0 Å². The van der Waals surface area contributed by atoms with Gasteiger partial charge in [0.1, 0.15) is 23.5 Å². The molecular formula is C36H27B3O2. The summed E-state index contributed by atoms with van der Waals surface area (Å²) in [5.74, 6) is -0.115. The van der Waals surface area contributed by atoms with Crippen molar-refractivity contribution in [2.45, 2.75) is 0 Å². The van der Waals surface area contributed by atoms with Gasteiger partial charge in [-0.05, 0) is 60.6 Å². The van der Waals surface area contributed by atoms with Gasteiger partial charge in [-0.2, -0.15) is 0 Å². The zero-order valence-corrected chi connectivity index (χ0v) is 23.4. The summed E-state index contributed by atoms with van der Waals surface area (Å²) in [6.45, 7) is 0. The summed E-state index contributed by atoms with van der Waals surface area (Å²) in [6, 6.07) is 40.6. The summed E-state index contributed by atoms with van der Waals surface area (Å²) in [7, 11) is 5.89. The zero-order chi connectivity index (χ0) is 28.2. The molecule has 41 heavy (non-hydrogen) atoms. The largest absolute Gasteiger partial charge is 0.505 e. The highest BCUT2D eigenvalue weighted by molar-refractivity contribution is 6.60. The number of phenols is 2. The molecule has 0 amide bonds. The average Bonchev–Trinajstić information content (AvgIpc) is 3.02. The van der Waals surface area contributed by atoms with Crippen LogP contribution in [0, 0.1) is 0 Å². The van der Waals surface area contributed by atoms with Crippen molar-refractivity contribution in [2.24, 2.45) is 0 Å². The van der Waals surface area contributed by atoms with Crippen LogP contribution in [0.25, 0.3) is 65.7 Å². The molecule has 0 atom stereocenters. The highest BCUT2D eigenvalue weighted by atomic mass is 16.3. The van der Waals surface area contributed by atoms with E-state index in [1.165, 1.54) is 33.0 Å². The van der Waals surface area contributed by atoms with Crippen LogP contribution in [0.5, 0.6) is 11.5 Å². The second-order valence-corrected chi connectivity index (χ2v) is 10.9. The number of phenolic OH excluding ortho intramolecular Hbond substituents is 2. The molecule has 0 saturated heterocycles. The molecule has 0 spiro atoms. The number of fused-ring (bicyclic) bond motifs is 3. The molecule has 0 aliphatic rings. The van der Waals surface area contributed by atoms with E-state index in [2.05, 4.69) is 97.1 Å². The lowest BCUT2D eigenvalue weighted by molar-refractivity contribution is 0.409. The Morgan fingerprint density at radius 2 is 0.976 bits per heavy atom. The van der Waals surface area contributed by atoms with E-state index in [-0.39, 0.29) is 11.5 Å². The van der Waals surface area contributed by atoms with Crippen LogP contribution >= 0.6 is 0 Å². The lowest BCUT2D eigenvalue weighted by Crippen LogP contribution is -2.40. The first-order valence-corrected chi connectivity index (χ1v) is 14.0. The fourth-order valence-corrected chi connectivity index (χ4v) is 6.43. The van der Waals surface area contributed by atoms with Crippen molar-refractivity contribution in [1.29, 1.82) is 0 Å². The Labute approximate surface area is 242 Å². The Morgan fingerprint density at radius 1 is 0.390 bits per heavy atom. The third-order valence-corrected chi connectivity index (χ3v) is 8.75. The van der Waals surface area contributed by atoms with Crippen LogP contribution in [0.4, 0.5) is 0 Å². The van der Waals surface area contributed by atoms with E-state index in [0.29, 0.717) is 11.0 Å². The molecule has 7 aromatic carbocycles. The van der Waals surface area contributed by atoms with Crippen molar-refractivity contribution < 1.29 is 10.2 Å². The minimum atomic E-state index is -0.0627. The zero-order valence-electron chi connectivity index (χ0n) is 23.4. The van der Waals surface area contributed by atoms with Crippen LogP contribution in [0.2, 0.25) is 0 Å². The summed E-state index contributed by atoms with van der Waals surface area (Å²) >= 11 is 0. The molecule has 2 N–H and O–H groups in total. The van der Waals surface area contributed by atoms with Gasteiger partial charge in [0.15, 0.2) is 11.5 Å². The van der Waals surface area contributed by atoms with Crippen molar-refractivity contribution in [1.82, 2.24) is 0 Å². The maximum atomic E-state index is 11.4. The smallest absolute Gasteiger partial charge is 0.164 e. The molecule has 0 bridgehead atoms. The summed E-state index contributed by atoms with van der Waals surface area (Å²) in [5, 5.41) is 28.9. The third-order valence-electron chi connectivity index (χ3n) is 8.75. The molecule has 0 aliphatic heterocycles. The second-order valence-electron chi connectivity index (χ2n) is 10.9. The first-order chi connectivity index (χ1) is 20.0. The van der Waals surface area contributed by atoms with Gasteiger partial charge < -0.3 is 10.2 Å². The Bertz CT molecular complexity index is 2070. The maximum absolute atomic E-state index is 11.4. The van der Waals surface area contributed by atoms with E-state index in [9.17, 15) is 10.2 Å². The van der Waals surface area contributed by atoms with E-state index >= 15 is 0 Å². The van der Waals surface area contributed by atoms with E-state index in [0.717, 1.165) is 38.0 Å². The lowest BCUT2D eigenvalue weighted by Gasteiger charge is -2.22. The van der Waals surface area contributed by atoms with Gasteiger partial charge in [-0.1, -0.05) is 126 Å². The Hall–Kier alpha value is -4.89. The molecule has 2 nitrogen and oxygen atoms in total. The molecule has 0 aromatic heterocycles. The Morgan fingerprint density at radius 3 is 1.61 bits per heavy atom. The van der Waals surface area contributed by atoms with Gasteiger partial charge in [-0.25, -0.2) is 0 Å². The minimum Gasteiger partial charge on any atom is -0.505 e. The van der Waals surface area contributed by atoms with E-state index < -0.39 is 0 Å².